The molecule has 0 fully saturated rings. The number of ether oxygens (including phenoxy) is 3. The van der Waals surface area contributed by atoms with E-state index in [1.165, 1.54) is 0 Å². The summed E-state index contributed by atoms with van der Waals surface area (Å²) in [7, 11) is 2.00. The molecule has 0 aromatic heterocycles. The second-order valence-corrected chi connectivity index (χ2v) is 12.1. The summed E-state index contributed by atoms with van der Waals surface area (Å²) in [5.74, 6) is 1.56. The van der Waals surface area contributed by atoms with Crippen LogP contribution in [0.15, 0.2) is 54.6 Å². The maximum absolute atomic E-state index is 13.5. The van der Waals surface area contributed by atoms with Crippen LogP contribution >= 0.6 is 23.2 Å². The molecular formula is C32H36Cl2N4O6. The smallest absolute Gasteiger partial charge is 0.323 e. The van der Waals surface area contributed by atoms with Crippen LogP contribution in [-0.4, -0.2) is 72.5 Å². The van der Waals surface area contributed by atoms with Crippen LogP contribution in [0.5, 0.6) is 17.2 Å². The van der Waals surface area contributed by atoms with Crippen molar-refractivity contribution in [2.24, 2.45) is 5.92 Å². The molecule has 2 aliphatic heterocycles. The molecule has 0 spiro atoms. The minimum absolute atomic E-state index is 0.0531. The number of aliphatic hydroxyl groups excluding tert-OH is 1. The number of anilines is 2. The third kappa shape index (κ3) is 7.68. The predicted octanol–water partition coefficient (Wildman–Crippen LogP) is 5.65. The van der Waals surface area contributed by atoms with Crippen LogP contribution in [0.25, 0.3) is 0 Å². The zero-order chi connectivity index (χ0) is 31.4. The Morgan fingerprint density at radius 1 is 1.02 bits per heavy atom. The van der Waals surface area contributed by atoms with E-state index in [0.29, 0.717) is 63.9 Å². The fraction of sp³-hybridized carbons (Fsp3) is 0.375. The van der Waals surface area contributed by atoms with Gasteiger partial charge in [-0.15, -0.1) is 0 Å². The van der Waals surface area contributed by atoms with Gasteiger partial charge in [-0.3, -0.25) is 9.69 Å². The summed E-state index contributed by atoms with van der Waals surface area (Å²) in [6.07, 6.45) is -0.230. The monoisotopic (exact) mass is 642 g/mol. The van der Waals surface area contributed by atoms with Crippen molar-refractivity contribution in [2.75, 3.05) is 44.2 Å². The molecule has 0 unspecified atom stereocenters. The van der Waals surface area contributed by atoms with Crippen molar-refractivity contribution in [3.05, 3.63) is 75.8 Å². The van der Waals surface area contributed by atoms with E-state index < -0.39 is 6.03 Å². The molecule has 0 aliphatic carbocycles. The molecule has 2 aliphatic rings. The van der Waals surface area contributed by atoms with Gasteiger partial charge in [0.1, 0.15) is 11.9 Å². The molecule has 12 heteroatoms. The molecule has 0 radical (unpaired) electrons. The molecule has 234 valence electrons. The minimum atomic E-state index is -0.454. The molecule has 10 nitrogen and oxygen atoms in total. The first-order valence-electron chi connectivity index (χ1n) is 14.4. The number of aliphatic hydroxyl groups is 1. The topological polar surface area (TPSA) is 113 Å². The number of hydrogen-bond acceptors (Lipinski definition) is 7. The third-order valence-corrected chi connectivity index (χ3v) is 8.47. The van der Waals surface area contributed by atoms with Crippen LogP contribution in [0.1, 0.15) is 25.0 Å². The fourth-order valence-electron chi connectivity index (χ4n) is 5.31. The third-order valence-electron chi connectivity index (χ3n) is 7.73. The normalized spacial score (nSPS) is 18.5. The van der Waals surface area contributed by atoms with Crippen molar-refractivity contribution < 1.29 is 28.9 Å². The lowest BCUT2D eigenvalue weighted by Gasteiger charge is -2.34. The van der Waals surface area contributed by atoms with Crippen LogP contribution in [-0.2, 0) is 17.8 Å². The summed E-state index contributed by atoms with van der Waals surface area (Å²) >= 11 is 12.3. The van der Waals surface area contributed by atoms with Gasteiger partial charge in [0.05, 0.1) is 29.1 Å². The molecule has 3 atom stereocenters. The Balaban J connectivity index is 1.34. The number of halogens is 2. The Morgan fingerprint density at radius 3 is 2.45 bits per heavy atom. The largest absolute Gasteiger partial charge is 0.488 e. The summed E-state index contributed by atoms with van der Waals surface area (Å²) in [4.78, 5) is 30.2. The zero-order valence-corrected chi connectivity index (χ0v) is 26.3. The van der Waals surface area contributed by atoms with Gasteiger partial charge in [-0.1, -0.05) is 36.2 Å². The number of amides is 3. The second-order valence-electron chi connectivity index (χ2n) is 11.3. The predicted molar refractivity (Wildman–Crippen MR) is 170 cm³/mol. The van der Waals surface area contributed by atoms with Gasteiger partial charge in [-0.25, -0.2) is 4.79 Å². The number of carbonyl (C=O) groups is 2. The van der Waals surface area contributed by atoms with Crippen molar-refractivity contribution in [2.45, 2.75) is 39.0 Å². The van der Waals surface area contributed by atoms with Gasteiger partial charge in [0.25, 0.3) is 0 Å². The van der Waals surface area contributed by atoms with Crippen LogP contribution in [0.2, 0.25) is 10.0 Å². The molecule has 3 aromatic carbocycles. The lowest BCUT2D eigenvalue weighted by molar-refractivity contribution is -0.134. The molecular weight excluding hydrogens is 607 g/mol. The highest BCUT2D eigenvalue weighted by atomic mass is 35.5. The number of hydrogen-bond donors (Lipinski definition) is 3. The SMILES string of the molecule is C[C@@H]1CN([C@H](C)CO)C(=O)Cc2cc(NC(=O)Nc3ccc4c(c3)OCO4)ccc2O[C@H]1CN(C)Cc1ccc(Cl)c(Cl)c1. The molecule has 3 amide bonds. The Hall–Kier alpha value is -3.70. The number of rotatable bonds is 8. The molecule has 3 aromatic rings. The highest BCUT2D eigenvalue weighted by molar-refractivity contribution is 6.42. The van der Waals surface area contributed by atoms with Crippen LogP contribution in [0.4, 0.5) is 16.2 Å². The van der Waals surface area contributed by atoms with E-state index in [2.05, 4.69) is 15.5 Å². The summed E-state index contributed by atoms with van der Waals surface area (Å²) < 4.78 is 17.3. The first-order chi connectivity index (χ1) is 21.1. The number of benzene rings is 3. The van der Waals surface area contributed by atoms with E-state index in [0.717, 1.165) is 5.56 Å². The molecule has 0 saturated heterocycles. The fourth-order valence-corrected chi connectivity index (χ4v) is 5.64. The lowest BCUT2D eigenvalue weighted by Crippen LogP contribution is -2.47. The number of urea groups is 1. The summed E-state index contributed by atoms with van der Waals surface area (Å²) in [6.45, 7) is 5.46. The molecule has 5 rings (SSSR count). The minimum Gasteiger partial charge on any atom is -0.488 e. The van der Waals surface area contributed by atoms with Gasteiger partial charge in [0.15, 0.2) is 11.5 Å². The molecule has 44 heavy (non-hydrogen) atoms. The van der Waals surface area contributed by atoms with Gasteiger partial charge < -0.3 is 34.9 Å². The maximum atomic E-state index is 13.5. The first kappa shape index (κ1) is 31.7. The van der Waals surface area contributed by atoms with E-state index >= 15 is 0 Å². The van der Waals surface area contributed by atoms with E-state index in [1.807, 2.05) is 33.0 Å². The molecule has 0 saturated carbocycles. The Morgan fingerprint density at radius 2 is 1.73 bits per heavy atom. The molecule has 0 bridgehead atoms. The van der Waals surface area contributed by atoms with Gasteiger partial charge in [0.2, 0.25) is 12.7 Å². The highest BCUT2D eigenvalue weighted by Gasteiger charge is 2.31. The van der Waals surface area contributed by atoms with Gasteiger partial charge in [0, 0.05) is 48.6 Å². The van der Waals surface area contributed by atoms with E-state index in [4.69, 9.17) is 37.4 Å². The van der Waals surface area contributed by atoms with E-state index in [-0.39, 0.29) is 43.8 Å². The number of nitrogens with one attached hydrogen (secondary N) is 2. The second kappa shape index (κ2) is 13.9. The van der Waals surface area contributed by atoms with Crippen molar-refractivity contribution in [1.82, 2.24) is 9.80 Å². The Labute approximate surface area is 266 Å². The van der Waals surface area contributed by atoms with E-state index in [1.54, 1.807) is 47.4 Å². The quantitative estimate of drug-likeness (QED) is 0.291. The average Bonchev–Trinajstić information content (AvgIpc) is 3.46. The highest BCUT2D eigenvalue weighted by Crippen LogP contribution is 2.34. The Bertz CT molecular complexity index is 1520. The van der Waals surface area contributed by atoms with Crippen molar-refractivity contribution in [3.63, 3.8) is 0 Å². The van der Waals surface area contributed by atoms with Gasteiger partial charge in [-0.2, -0.15) is 0 Å². The summed E-state index contributed by atoms with van der Waals surface area (Å²) in [6, 6.07) is 15.2. The molecule has 2 heterocycles. The number of carbonyl (C=O) groups excluding carboxylic acids is 2. The van der Waals surface area contributed by atoms with Crippen LogP contribution in [0.3, 0.4) is 0 Å². The van der Waals surface area contributed by atoms with Crippen molar-refractivity contribution in [3.8, 4) is 17.2 Å². The van der Waals surface area contributed by atoms with Gasteiger partial charge >= 0.3 is 6.03 Å². The summed E-state index contributed by atoms with van der Waals surface area (Å²) in [5.41, 5.74) is 2.69. The average molecular weight is 644 g/mol. The number of nitrogens with zero attached hydrogens (tertiary/aromatic N) is 2. The first-order valence-corrected chi connectivity index (χ1v) is 15.1. The van der Waals surface area contributed by atoms with E-state index in [9.17, 15) is 14.7 Å². The van der Waals surface area contributed by atoms with Gasteiger partial charge in [-0.05, 0) is 62.0 Å². The summed E-state index contributed by atoms with van der Waals surface area (Å²) in [5, 5.41) is 16.6. The lowest BCUT2D eigenvalue weighted by atomic mass is 10.0. The number of likely N-dealkylation sites (N-methyl/N-ethyl adjacent to an activating group) is 1. The van der Waals surface area contributed by atoms with Crippen molar-refractivity contribution >= 4 is 46.5 Å². The zero-order valence-electron chi connectivity index (χ0n) is 24.8. The molecule has 3 N–H and O–H groups in total. The standard InChI is InChI=1S/C32H36Cl2N4O6/c1-19-14-38(20(2)17-39)31(40)12-22-11-23(35-32(41)36-24-6-9-28-29(13-24)43-18-42-28)5-8-27(22)44-30(19)16-37(3)15-21-4-7-25(33)26(34)10-21/h4-11,13,19-20,30,39H,12,14-18H2,1-3H3,(H2,35,36,41)/t19-,20-,30+/m1/s1. The van der Waals surface area contributed by atoms with Crippen LogP contribution < -0.4 is 24.8 Å². The number of fused-ring (bicyclic) bond motifs is 2. The Kier molecular flexibility index (Phi) is 10.1. The van der Waals surface area contributed by atoms with Crippen molar-refractivity contribution in [1.29, 1.82) is 0 Å². The maximum Gasteiger partial charge on any atom is 0.323 e. The van der Waals surface area contributed by atoms with Crippen LogP contribution in [0, 0.1) is 5.92 Å².